The molecule has 3 rings (SSSR count). The zero-order valence-corrected chi connectivity index (χ0v) is 18.5. The highest BCUT2D eigenvalue weighted by Gasteiger charge is 2.37. The minimum Gasteiger partial charge on any atom is -0.508 e. The van der Waals surface area contributed by atoms with Crippen LogP contribution < -0.4 is 11.1 Å². The highest BCUT2D eigenvalue weighted by Crippen LogP contribution is 2.26. The van der Waals surface area contributed by atoms with Crippen LogP contribution in [-0.4, -0.2) is 51.0 Å². The van der Waals surface area contributed by atoms with E-state index in [1.54, 1.807) is 12.1 Å². The molecule has 0 fully saturated rings. The zero-order chi connectivity index (χ0) is 23.6. The van der Waals surface area contributed by atoms with Crippen molar-refractivity contribution in [2.45, 2.75) is 58.3 Å². The van der Waals surface area contributed by atoms with Crippen molar-refractivity contribution in [1.82, 2.24) is 10.2 Å². The van der Waals surface area contributed by atoms with Gasteiger partial charge in [0.15, 0.2) is 0 Å². The summed E-state index contributed by atoms with van der Waals surface area (Å²) in [6.07, 6.45) is 0.541. The molecule has 1 heterocycles. The van der Waals surface area contributed by atoms with Crippen molar-refractivity contribution in [2.75, 3.05) is 0 Å². The van der Waals surface area contributed by atoms with Crippen LogP contribution >= 0.6 is 0 Å². The van der Waals surface area contributed by atoms with E-state index >= 15 is 0 Å². The van der Waals surface area contributed by atoms with Gasteiger partial charge in [-0.2, -0.15) is 0 Å². The fourth-order valence-corrected chi connectivity index (χ4v) is 4.17. The fraction of sp³-hybridized carbons (Fsp3) is 0.375. The number of hydrogen-bond acceptors (Lipinski definition) is 5. The Hall–Kier alpha value is -3.39. The maximum absolute atomic E-state index is 13.4. The van der Waals surface area contributed by atoms with Crippen LogP contribution in [0.15, 0.2) is 36.4 Å². The lowest BCUT2D eigenvalue weighted by molar-refractivity contribution is -0.145. The molecule has 0 unspecified atom stereocenters. The van der Waals surface area contributed by atoms with Gasteiger partial charge in [0.05, 0.1) is 6.04 Å². The van der Waals surface area contributed by atoms with Gasteiger partial charge in [-0.1, -0.05) is 24.3 Å². The number of amides is 2. The number of aromatic hydroxyl groups is 1. The number of phenolic OH excluding ortho intramolecular Hbond substituents is 1. The Morgan fingerprint density at radius 1 is 1.16 bits per heavy atom. The summed E-state index contributed by atoms with van der Waals surface area (Å²) in [6.45, 7) is 5.29. The van der Waals surface area contributed by atoms with Crippen LogP contribution in [0, 0.1) is 13.8 Å². The normalized spacial score (nSPS) is 17.2. The maximum Gasteiger partial charge on any atom is 0.325 e. The maximum atomic E-state index is 13.4. The summed E-state index contributed by atoms with van der Waals surface area (Å²) >= 11 is 0. The van der Waals surface area contributed by atoms with Crippen molar-refractivity contribution in [2.24, 2.45) is 5.73 Å². The lowest BCUT2D eigenvalue weighted by Crippen LogP contribution is -2.58. The van der Waals surface area contributed by atoms with Crippen LogP contribution in [0.5, 0.6) is 5.75 Å². The Morgan fingerprint density at radius 2 is 1.75 bits per heavy atom. The van der Waals surface area contributed by atoms with Crippen LogP contribution in [0.2, 0.25) is 0 Å². The van der Waals surface area contributed by atoms with Gasteiger partial charge in [-0.05, 0) is 67.1 Å². The number of carboxylic acids is 1. The first-order valence-electron chi connectivity index (χ1n) is 10.5. The molecule has 1 aliphatic heterocycles. The van der Waals surface area contributed by atoms with Gasteiger partial charge in [-0.3, -0.25) is 14.4 Å². The number of nitrogens with one attached hydrogen (secondary N) is 1. The van der Waals surface area contributed by atoms with Gasteiger partial charge in [-0.25, -0.2) is 0 Å². The first-order valence-corrected chi connectivity index (χ1v) is 10.5. The number of carbonyl (C=O) groups is 3. The molecule has 0 aliphatic carbocycles. The largest absolute Gasteiger partial charge is 0.508 e. The fourth-order valence-electron chi connectivity index (χ4n) is 4.17. The standard InChI is InChI=1S/C24H29N3O5/c1-13-8-18(28)9-14(2)19(13)11-20(25)23(30)27-12-17-7-5-4-6-16(17)10-21(27)22(29)26-15(3)24(31)32/h4-9,15,20-21,28H,10-12,25H2,1-3H3,(H,26,29)(H,31,32)/t15-,20+,21-/m0/s1. The molecule has 1 aliphatic rings. The molecule has 0 aromatic heterocycles. The average Bonchev–Trinajstić information content (AvgIpc) is 2.74. The Balaban J connectivity index is 1.87. The van der Waals surface area contributed by atoms with Gasteiger partial charge in [0.25, 0.3) is 0 Å². The summed E-state index contributed by atoms with van der Waals surface area (Å²) in [5, 5.41) is 21.4. The quantitative estimate of drug-likeness (QED) is 0.538. The number of carboxylic acid groups (broad SMARTS) is 1. The molecular weight excluding hydrogens is 410 g/mol. The zero-order valence-electron chi connectivity index (χ0n) is 18.5. The molecule has 8 heteroatoms. The van der Waals surface area contributed by atoms with Gasteiger partial charge in [0.1, 0.15) is 17.8 Å². The lowest BCUT2D eigenvalue weighted by Gasteiger charge is -2.37. The van der Waals surface area contributed by atoms with E-state index in [2.05, 4.69) is 5.32 Å². The van der Waals surface area contributed by atoms with E-state index in [1.165, 1.54) is 11.8 Å². The van der Waals surface area contributed by atoms with Gasteiger partial charge in [0.2, 0.25) is 11.8 Å². The topological polar surface area (TPSA) is 133 Å². The summed E-state index contributed by atoms with van der Waals surface area (Å²) in [5.74, 6) is -1.90. The number of nitrogens with two attached hydrogens (primary N) is 1. The van der Waals surface area contributed by atoms with Crippen molar-refractivity contribution >= 4 is 17.8 Å². The molecule has 32 heavy (non-hydrogen) atoms. The monoisotopic (exact) mass is 439 g/mol. The molecule has 2 aromatic rings. The van der Waals surface area contributed by atoms with Crippen molar-refractivity contribution in [3.63, 3.8) is 0 Å². The van der Waals surface area contributed by atoms with Crippen LogP contribution in [0.3, 0.4) is 0 Å². The molecule has 0 saturated heterocycles. The number of benzene rings is 2. The number of rotatable bonds is 6. The predicted molar refractivity (Wildman–Crippen MR) is 119 cm³/mol. The number of phenols is 1. The van der Waals surface area contributed by atoms with E-state index in [0.29, 0.717) is 0 Å². The molecule has 3 atom stereocenters. The molecule has 2 amide bonds. The molecule has 0 saturated carbocycles. The lowest BCUT2D eigenvalue weighted by atomic mass is 9.91. The summed E-state index contributed by atoms with van der Waals surface area (Å²) < 4.78 is 0. The molecule has 5 N–H and O–H groups in total. The second-order valence-corrected chi connectivity index (χ2v) is 8.39. The Morgan fingerprint density at radius 3 is 2.34 bits per heavy atom. The van der Waals surface area contributed by atoms with E-state index in [4.69, 9.17) is 10.8 Å². The van der Waals surface area contributed by atoms with Crippen molar-refractivity contribution in [3.05, 3.63) is 64.2 Å². The number of aryl methyl sites for hydroxylation is 2. The molecule has 170 valence electrons. The van der Waals surface area contributed by atoms with E-state index < -0.39 is 30.0 Å². The molecule has 2 aromatic carbocycles. The minimum absolute atomic E-state index is 0.153. The molecule has 0 bridgehead atoms. The van der Waals surface area contributed by atoms with Gasteiger partial charge in [-0.15, -0.1) is 0 Å². The van der Waals surface area contributed by atoms with Crippen LogP contribution in [0.4, 0.5) is 0 Å². The summed E-state index contributed by atoms with van der Waals surface area (Å²) in [6, 6.07) is 7.98. The number of hydrogen-bond donors (Lipinski definition) is 4. The van der Waals surface area contributed by atoms with Crippen LogP contribution in [0.25, 0.3) is 0 Å². The van der Waals surface area contributed by atoms with Crippen LogP contribution in [0.1, 0.15) is 34.7 Å². The second kappa shape index (κ2) is 9.40. The van der Waals surface area contributed by atoms with Crippen molar-refractivity contribution < 1.29 is 24.6 Å². The molecule has 0 spiro atoms. The minimum atomic E-state index is -1.15. The Kier molecular flexibility index (Phi) is 6.84. The van der Waals surface area contributed by atoms with E-state index in [0.717, 1.165) is 27.8 Å². The molecular formula is C24H29N3O5. The SMILES string of the molecule is Cc1cc(O)cc(C)c1C[C@@H](N)C(=O)N1Cc2ccccc2C[C@H]1C(=O)N[C@@H](C)C(=O)O. The summed E-state index contributed by atoms with van der Waals surface area (Å²) in [5.41, 5.74) is 10.7. The van der Waals surface area contributed by atoms with E-state index in [-0.39, 0.29) is 31.0 Å². The molecule has 0 radical (unpaired) electrons. The second-order valence-electron chi connectivity index (χ2n) is 8.39. The van der Waals surface area contributed by atoms with Crippen LogP contribution in [-0.2, 0) is 33.8 Å². The van der Waals surface area contributed by atoms with Crippen molar-refractivity contribution in [1.29, 1.82) is 0 Å². The average molecular weight is 440 g/mol. The van der Waals surface area contributed by atoms with Gasteiger partial charge >= 0.3 is 5.97 Å². The highest BCUT2D eigenvalue weighted by atomic mass is 16.4. The Labute approximate surface area is 187 Å². The number of carbonyl (C=O) groups excluding carboxylic acids is 2. The Bertz CT molecular complexity index is 1030. The molecule has 8 nitrogen and oxygen atoms in total. The van der Waals surface area contributed by atoms with Gasteiger partial charge < -0.3 is 26.2 Å². The number of nitrogens with zero attached hydrogens (tertiary/aromatic N) is 1. The third-order valence-corrected chi connectivity index (χ3v) is 5.99. The third-order valence-electron chi connectivity index (χ3n) is 5.99. The smallest absolute Gasteiger partial charge is 0.325 e. The van der Waals surface area contributed by atoms with Gasteiger partial charge in [0, 0.05) is 13.0 Å². The van der Waals surface area contributed by atoms with Crippen molar-refractivity contribution in [3.8, 4) is 5.75 Å². The number of aliphatic carboxylic acids is 1. The highest BCUT2D eigenvalue weighted by molar-refractivity contribution is 5.92. The third kappa shape index (κ3) is 4.91. The first-order chi connectivity index (χ1) is 15.1. The summed E-state index contributed by atoms with van der Waals surface area (Å²) in [4.78, 5) is 39.0. The van der Waals surface area contributed by atoms with E-state index in [9.17, 15) is 19.5 Å². The summed E-state index contributed by atoms with van der Waals surface area (Å²) in [7, 11) is 0. The predicted octanol–water partition coefficient (Wildman–Crippen LogP) is 1.42. The first kappa shape index (κ1) is 23.3. The van der Waals surface area contributed by atoms with E-state index in [1.807, 2.05) is 38.1 Å². The number of fused-ring (bicyclic) bond motifs is 1.